The first-order valence-electron chi connectivity index (χ1n) is 6.03. The molecule has 0 aliphatic carbocycles. The molecule has 3 rings (SSSR count). The molecule has 6 nitrogen and oxygen atoms in total. The SMILES string of the molecule is Cn1cc([C@H]2OCC[C@@H]2NC(=O)c2cscn2)cn1. The summed E-state index contributed by atoms with van der Waals surface area (Å²) in [5.74, 6) is -0.148. The fraction of sp³-hybridized carbons (Fsp3) is 0.417. The minimum Gasteiger partial charge on any atom is -0.371 e. The molecule has 1 N–H and O–H groups in total. The van der Waals surface area contributed by atoms with Gasteiger partial charge in [-0.25, -0.2) is 4.98 Å². The van der Waals surface area contributed by atoms with E-state index >= 15 is 0 Å². The van der Waals surface area contributed by atoms with E-state index in [1.165, 1.54) is 11.3 Å². The lowest BCUT2D eigenvalue weighted by molar-refractivity contribution is 0.0818. The Morgan fingerprint density at radius 3 is 3.21 bits per heavy atom. The number of aromatic nitrogens is 3. The number of carbonyl (C=O) groups is 1. The first-order chi connectivity index (χ1) is 9.24. The smallest absolute Gasteiger partial charge is 0.271 e. The summed E-state index contributed by atoms with van der Waals surface area (Å²) < 4.78 is 7.43. The maximum atomic E-state index is 12.0. The lowest BCUT2D eigenvalue weighted by Gasteiger charge is -2.18. The van der Waals surface area contributed by atoms with Crippen LogP contribution in [0, 0.1) is 0 Å². The van der Waals surface area contributed by atoms with Gasteiger partial charge < -0.3 is 10.1 Å². The number of ether oxygens (including phenoxy) is 1. The van der Waals surface area contributed by atoms with Crippen LogP contribution in [0.2, 0.25) is 0 Å². The number of nitrogens with one attached hydrogen (secondary N) is 1. The van der Waals surface area contributed by atoms with Crippen LogP contribution in [0.3, 0.4) is 0 Å². The number of carbonyl (C=O) groups excluding carboxylic acids is 1. The van der Waals surface area contributed by atoms with Gasteiger partial charge in [0.15, 0.2) is 0 Å². The predicted molar refractivity (Wildman–Crippen MR) is 69.9 cm³/mol. The van der Waals surface area contributed by atoms with Gasteiger partial charge in [0.05, 0.1) is 17.7 Å². The zero-order valence-electron chi connectivity index (χ0n) is 10.4. The number of thiazole rings is 1. The van der Waals surface area contributed by atoms with E-state index in [2.05, 4.69) is 15.4 Å². The van der Waals surface area contributed by atoms with Crippen LogP contribution in [0.5, 0.6) is 0 Å². The van der Waals surface area contributed by atoms with E-state index in [1.54, 1.807) is 21.8 Å². The summed E-state index contributed by atoms with van der Waals surface area (Å²) in [6, 6.07) is -0.0293. The molecule has 7 heteroatoms. The van der Waals surface area contributed by atoms with Gasteiger partial charge in [0.1, 0.15) is 11.8 Å². The van der Waals surface area contributed by atoms with Gasteiger partial charge in [-0.2, -0.15) is 5.10 Å². The van der Waals surface area contributed by atoms with E-state index in [0.717, 1.165) is 12.0 Å². The van der Waals surface area contributed by atoms with Crippen LogP contribution in [0.15, 0.2) is 23.3 Å². The maximum absolute atomic E-state index is 12.0. The summed E-state index contributed by atoms with van der Waals surface area (Å²) >= 11 is 1.41. The monoisotopic (exact) mass is 278 g/mol. The Kier molecular flexibility index (Phi) is 3.31. The minimum atomic E-state index is -0.148. The van der Waals surface area contributed by atoms with Crippen LogP contribution >= 0.6 is 11.3 Å². The van der Waals surface area contributed by atoms with Gasteiger partial charge >= 0.3 is 0 Å². The standard InChI is InChI=1S/C12H14N4O2S/c1-16-5-8(4-14-16)11-9(2-3-18-11)15-12(17)10-6-19-7-13-10/h4-7,9,11H,2-3H2,1H3,(H,15,17)/t9-,11+/m0/s1. The second-order valence-electron chi connectivity index (χ2n) is 4.48. The molecule has 2 aromatic heterocycles. The molecule has 0 saturated carbocycles. The van der Waals surface area contributed by atoms with Crippen molar-refractivity contribution in [2.45, 2.75) is 18.6 Å². The molecule has 1 aliphatic rings. The van der Waals surface area contributed by atoms with Crippen molar-refractivity contribution in [2.75, 3.05) is 6.61 Å². The summed E-state index contributed by atoms with van der Waals surface area (Å²) in [4.78, 5) is 16.0. The average molecular weight is 278 g/mol. The minimum absolute atomic E-state index is 0.0293. The Hall–Kier alpha value is -1.73. The lowest BCUT2D eigenvalue weighted by atomic mass is 10.1. The summed E-state index contributed by atoms with van der Waals surface area (Å²) in [5.41, 5.74) is 3.10. The van der Waals surface area contributed by atoms with Crippen LogP contribution in [-0.4, -0.2) is 33.3 Å². The van der Waals surface area contributed by atoms with Gasteiger partial charge in [-0.15, -0.1) is 11.3 Å². The molecule has 2 aromatic rings. The molecule has 19 heavy (non-hydrogen) atoms. The van der Waals surface area contributed by atoms with E-state index in [-0.39, 0.29) is 18.1 Å². The molecule has 0 bridgehead atoms. The Balaban J connectivity index is 1.72. The van der Waals surface area contributed by atoms with Crippen LogP contribution in [0.1, 0.15) is 28.6 Å². The van der Waals surface area contributed by atoms with E-state index in [9.17, 15) is 4.79 Å². The predicted octanol–water partition coefficient (Wildman–Crippen LogP) is 1.14. The van der Waals surface area contributed by atoms with Crippen molar-refractivity contribution in [3.8, 4) is 0 Å². The summed E-state index contributed by atoms with van der Waals surface area (Å²) in [6.45, 7) is 0.640. The molecule has 1 fully saturated rings. The highest BCUT2D eigenvalue weighted by atomic mass is 32.1. The van der Waals surface area contributed by atoms with Crippen LogP contribution in [0.25, 0.3) is 0 Å². The Morgan fingerprint density at radius 1 is 1.63 bits per heavy atom. The van der Waals surface area contributed by atoms with Gasteiger partial charge in [-0.3, -0.25) is 9.48 Å². The number of amides is 1. The first-order valence-corrected chi connectivity index (χ1v) is 6.97. The molecule has 3 heterocycles. The zero-order chi connectivity index (χ0) is 13.2. The van der Waals surface area contributed by atoms with E-state index in [4.69, 9.17) is 4.74 Å². The third-order valence-corrected chi connectivity index (χ3v) is 3.71. The van der Waals surface area contributed by atoms with Crippen molar-refractivity contribution in [3.05, 3.63) is 34.5 Å². The molecular weight excluding hydrogens is 264 g/mol. The Bertz CT molecular complexity index is 566. The average Bonchev–Trinajstić information content (AvgIpc) is 3.08. The van der Waals surface area contributed by atoms with Gasteiger partial charge in [-0.05, 0) is 6.42 Å². The molecule has 100 valence electrons. The van der Waals surface area contributed by atoms with Gasteiger partial charge in [0.2, 0.25) is 0 Å². The van der Waals surface area contributed by atoms with Crippen molar-refractivity contribution in [2.24, 2.45) is 7.05 Å². The van der Waals surface area contributed by atoms with Crippen molar-refractivity contribution >= 4 is 17.2 Å². The first kappa shape index (κ1) is 12.3. The quantitative estimate of drug-likeness (QED) is 0.914. The fourth-order valence-corrected chi connectivity index (χ4v) is 2.75. The highest BCUT2D eigenvalue weighted by molar-refractivity contribution is 7.07. The van der Waals surface area contributed by atoms with Crippen LogP contribution in [-0.2, 0) is 11.8 Å². The zero-order valence-corrected chi connectivity index (χ0v) is 11.3. The molecule has 1 amide bonds. The summed E-state index contributed by atoms with van der Waals surface area (Å²) in [5, 5.41) is 8.86. The largest absolute Gasteiger partial charge is 0.371 e. The van der Waals surface area contributed by atoms with Crippen molar-refractivity contribution in [1.82, 2.24) is 20.1 Å². The Morgan fingerprint density at radius 2 is 2.53 bits per heavy atom. The molecule has 2 atom stereocenters. The maximum Gasteiger partial charge on any atom is 0.271 e. The topological polar surface area (TPSA) is 69.0 Å². The van der Waals surface area contributed by atoms with E-state index < -0.39 is 0 Å². The lowest BCUT2D eigenvalue weighted by Crippen LogP contribution is -2.36. The Labute approximate surface area is 114 Å². The van der Waals surface area contributed by atoms with Crippen LogP contribution in [0.4, 0.5) is 0 Å². The molecular formula is C12H14N4O2S. The molecule has 1 saturated heterocycles. The number of aryl methyl sites for hydroxylation is 1. The van der Waals surface area contributed by atoms with Crippen molar-refractivity contribution in [1.29, 1.82) is 0 Å². The number of rotatable bonds is 3. The molecule has 0 radical (unpaired) electrons. The molecule has 0 aromatic carbocycles. The number of nitrogens with zero attached hydrogens (tertiary/aromatic N) is 3. The van der Waals surface area contributed by atoms with Gasteiger partial charge in [0, 0.05) is 30.8 Å². The molecule has 0 spiro atoms. The highest BCUT2D eigenvalue weighted by Crippen LogP contribution is 2.28. The van der Waals surface area contributed by atoms with Gasteiger partial charge in [-0.1, -0.05) is 0 Å². The third-order valence-electron chi connectivity index (χ3n) is 3.13. The molecule has 1 aliphatic heterocycles. The van der Waals surface area contributed by atoms with Crippen molar-refractivity contribution in [3.63, 3.8) is 0 Å². The highest BCUT2D eigenvalue weighted by Gasteiger charge is 2.32. The van der Waals surface area contributed by atoms with E-state index in [0.29, 0.717) is 12.3 Å². The summed E-state index contributed by atoms with van der Waals surface area (Å²) in [6.07, 6.45) is 4.36. The third kappa shape index (κ3) is 2.52. The fourth-order valence-electron chi connectivity index (χ4n) is 2.22. The van der Waals surface area contributed by atoms with Gasteiger partial charge in [0.25, 0.3) is 5.91 Å². The normalized spacial score (nSPS) is 22.6. The summed E-state index contributed by atoms with van der Waals surface area (Å²) in [7, 11) is 1.86. The molecule has 0 unspecified atom stereocenters. The second kappa shape index (κ2) is 5.10. The van der Waals surface area contributed by atoms with Crippen molar-refractivity contribution < 1.29 is 9.53 Å². The second-order valence-corrected chi connectivity index (χ2v) is 5.20. The van der Waals surface area contributed by atoms with Crippen LogP contribution < -0.4 is 5.32 Å². The number of hydrogen-bond acceptors (Lipinski definition) is 5. The van der Waals surface area contributed by atoms with E-state index in [1.807, 2.05) is 13.2 Å². The number of hydrogen-bond donors (Lipinski definition) is 1.